The smallest absolute Gasteiger partial charge is 0.321 e. The number of ether oxygens (including phenoxy) is 1. The van der Waals surface area contributed by atoms with E-state index in [1.165, 1.54) is 6.07 Å². The lowest BCUT2D eigenvalue weighted by atomic mass is 9.96. The first kappa shape index (κ1) is 9.76. The Bertz CT molecular complexity index is 406. The molecule has 0 aliphatic carbocycles. The highest BCUT2D eigenvalue weighted by Gasteiger charge is 2.40. The zero-order chi connectivity index (χ0) is 11.0. The first-order chi connectivity index (χ1) is 7.11. The lowest BCUT2D eigenvalue weighted by Crippen LogP contribution is -2.16. The number of esters is 1. The molecule has 15 heavy (non-hydrogen) atoms. The molecule has 1 aromatic carbocycles. The van der Waals surface area contributed by atoms with Gasteiger partial charge in [-0.25, -0.2) is 8.78 Å². The van der Waals surface area contributed by atoms with Gasteiger partial charge < -0.3 is 4.74 Å². The summed E-state index contributed by atoms with van der Waals surface area (Å²) < 4.78 is 30.9. The number of carbonyl (C=O) groups is 2. The van der Waals surface area contributed by atoms with Crippen molar-refractivity contribution in [3.05, 3.63) is 35.4 Å². The maximum absolute atomic E-state index is 13.2. The van der Waals surface area contributed by atoms with E-state index in [0.29, 0.717) is 0 Å². The minimum Gasteiger partial charge on any atom is -0.457 e. The van der Waals surface area contributed by atoms with E-state index in [-0.39, 0.29) is 0 Å². The average Bonchev–Trinajstić information content (AvgIpc) is 2.49. The molecule has 1 fully saturated rings. The summed E-state index contributed by atoms with van der Waals surface area (Å²) in [5.41, 5.74) is -0.523. The van der Waals surface area contributed by atoms with Crippen LogP contribution in [0.2, 0.25) is 0 Å². The van der Waals surface area contributed by atoms with Gasteiger partial charge in [0.15, 0.2) is 12.4 Å². The van der Waals surface area contributed by atoms with E-state index < -0.39 is 41.5 Å². The highest BCUT2D eigenvalue weighted by atomic mass is 19.1. The molecular formula is C10H6F2O3. The van der Waals surface area contributed by atoms with Crippen LogP contribution in [0.5, 0.6) is 0 Å². The summed E-state index contributed by atoms with van der Waals surface area (Å²) in [7, 11) is 0. The molecule has 78 valence electrons. The number of Topliss-reactive ketones (excluding diaryl/α,β-unsaturated/α-hetero) is 1. The maximum Gasteiger partial charge on any atom is 0.321 e. The molecule has 0 aromatic heterocycles. The fourth-order valence-electron chi connectivity index (χ4n) is 1.51. The quantitative estimate of drug-likeness (QED) is 0.518. The summed E-state index contributed by atoms with van der Waals surface area (Å²) in [5, 5.41) is 0. The van der Waals surface area contributed by atoms with Crippen LogP contribution in [0.15, 0.2) is 18.2 Å². The Balaban J connectivity index is 2.53. The van der Waals surface area contributed by atoms with Crippen LogP contribution in [0, 0.1) is 11.6 Å². The minimum absolute atomic E-state index is 0.419. The largest absolute Gasteiger partial charge is 0.457 e. The van der Waals surface area contributed by atoms with Crippen molar-refractivity contribution in [2.75, 3.05) is 6.61 Å². The van der Waals surface area contributed by atoms with Crippen LogP contribution in [0.25, 0.3) is 0 Å². The zero-order valence-corrected chi connectivity index (χ0v) is 7.50. The third kappa shape index (κ3) is 1.49. The Morgan fingerprint density at radius 2 is 1.80 bits per heavy atom. The monoisotopic (exact) mass is 212 g/mol. The Labute approximate surface area is 83.7 Å². The Morgan fingerprint density at radius 1 is 1.20 bits per heavy atom. The summed E-state index contributed by atoms with van der Waals surface area (Å²) in [6.45, 7) is -0.419. The number of hydrogen-bond donors (Lipinski definition) is 0. The number of carbonyl (C=O) groups excluding carboxylic acids is 2. The molecular weight excluding hydrogens is 206 g/mol. The third-order valence-electron chi connectivity index (χ3n) is 2.20. The van der Waals surface area contributed by atoms with Gasteiger partial charge >= 0.3 is 5.97 Å². The topological polar surface area (TPSA) is 43.4 Å². The predicted molar refractivity (Wildman–Crippen MR) is 45.1 cm³/mol. The van der Waals surface area contributed by atoms with E-state index in [0.717, 1.165) is 12.1 Å². The highest BCUT2D eigenvalue weighted by Crippen LogP contribution is 2.28. The van der Waals surface area contributed by atoms with Crippen LogP contribution < -0.4 is 0 Å². The molecule has 1 saturated heterocycles. The van der Waals surface area contributed by atoms with E-state index >= 15 is 0 Å². The second-order valence-corrected chi connectivity index (χ2v) is 3.14. The SMILES string of the molecule is O=C1COC(=O)C1c1c(F)cccc1F. The highest BCUT2D eigenvalue weighted by molar-refractivity contribution is 6.09. The van der Waals surface area contributed by atoms with Gasteiger partial charge in [0.05, 0.1) is 0 Å². The fraction of sp³-hybridized carbons (Fsp3) is 0.200. The van der Waals surface area contributed by atoms with Crippen molar-refractivity contribution in [3.8, 4) is 0 Å². The van der Waals surface area contributed by atoms with Gasteiger partial charge in [0, 0.05) is 5.56 Å². The number of benzene rings is 1. The first-order valence-electron chi connectivity index (χ1n) is 4.24. The summed E-state index contributed by atoms with van der Waals surface area (Å²) in [6, 6.07) is 3.16. The predicted octanol–water partition coefficient (Wildman–Crippen LogP) is 1.17. The van der Waals surface area contributed by atoms with Gasteiger partial charge in [-0.2, -0.15) is 0 Å². The van der Waals surface area contributed by atoms with E-state index in [1.54, 1.807) is 0 Å². The normalized spacial score (nSPS) is 20.5. The molecule has 0 bridgehead atoms. The molecule has 2 rings (SSSR count). The van der Waals surface area contributed by atoms with Crippen molar-refractivity contribution >= 4 is 11.8 Å². The molecule has 5 heteroatoms. The lowest BCUT2D eigenvalue weighted by Gasteiger charge is -2.06. The standard InChI is InChI=1S/C10H6F2O3/c11-5-2-1-3-6(12)8(5)9-7(13)4-15-10(9)14/h1-3,9H,4H2. The summed E-state index contributed by atoms with van der Waals surface area (Å²) in [4.78, 5) is 22.3. The average molecular weight is 212 g/mol. The fourth-order valence-corrected chi connectivity index (χ4v) is 1.51. The van der Waals surface area contributed by atoms with Crippen LogP contribution in [0.4, 0.5) is 8.78 Å². The van der Waals surface area contributed by atoms with E-state index in [2.05, 4.69) is 4.74 Å². The zero-order valence-electron chi connectivity index (χ0n) is 7.50. The van der Waals surface area contributed by atoms with Gasteiger partial charge in [0.1, 0.15) is 17.6 Å². The molecule has 0 radical (unpaired) electrons. The molecule has 0 saturated carbocycles. The lowest BCUT2D eigenvalue weighted by molar-refractivity contribution is -0.139. The van der Waals surface area contributed by atoms with Crippen molar-refractivity contribution in [2.45, 2.75) is 5.92 Å². The van der Waals surface area contributed by atoms with Crippen LogP contribution in [0.3, 0.4) is 0 Å². The number of cyclic esters (lactones) is 1. The molecule has 1 unspecified atom stereocenters. The third-order valence-corrected chi connectivity index (χ3v) is 2.20. The minimum atomic E-state index is -1.45. The second-order valence-electron chi connectivity index (χ2n) is 3.14. The van der Waals surface area contributed by atoms with Crippen LogP contribution in [0.1, 0.15) is 11.5 Å². The molecule has 1 aliphatic rings. The number of hydrogen-bond acceptors (Lipinski definition) is 3. The number of halogens is 2. The van der Waals surface area contributed by atoms with E-state index in [9.17, 15) is 18.4 Å². The van der Waals surface area contributed by atoms with Gasteiger partial charge in [-0.3, -0.25) is 9.59 Å². The molecule has 1 heterocycles. The molecule has 3 nitrogen and oxygen atoms in total. The van der Waals surface area contributed by atoms with Gasteiger partial charge in [-0.05, 0) is 12.1 Å². The Kier molecular flexibility index (Phi) is 2.22. The number of rotatable bonds is 1. The van der Waals surface area contributed by atoms with Gasteiger partial charge in [-0.1, -0.05) is 6.07 Å². The van der Waals surface area contributed by atoms with Crippen molar-refractivity contribution in [2.24, 2.45) is 0 Å². The second kappa shape index (κ2) is 3.42. The van der Waals surface area contributed by atoms with Gasteiger partial charge in [0.25, 0.3) is 0 Å². The number of ketones is 1. The summed E-state index contributed by atoms with van der Waals surface area (Å²) in [6.07, 6.45) is 0. The molecule has 1 aliphatic heterocycles. The van der Waals surface area contributed by atoms with Crippen molar-refractivity contribution in [1.29, 1.82) is 0 Å². The van der Waals surface area contributed by atoms with Crippen LogP contribution >= 0.6 is 0 Å². The van der Waals surface area contributed by atoms with Gasteiger partial charge in [-0.15, -0.1) is 0 Å². The molecule has 1 atom stereocenters. The maximum atomic E-state index is 13.2. The summed E-state index contributed by atoms with van der Waals surface area (Å²) in [5.74, 6) is -4.79. The van der Waals surface area contributed by atoms with Crippen LogP contribution in [-0.2, 0) is 14.3 Å². The first-order valence-corrected chi connectivity index (χ1v) is 4.24. The molecule has 0 N–H and O–H groups in total. The van der Waals surface area contributed by atoms with E-state index in [4.69, 9.17) is 0 Å². The van der Waals surface area contributed by atoms with Crippen molar-refractivity contribution in [1.82, 2.24) is 0 Å². The molecule has 0 spiro atoms. The van der Waals surface area contributed by atoms with E-state index in [1.807, 2.05) is 0 Å². The molecule has 0 amide bonds. The molecule has 1 aromatic rings. The summed E-state index contributed by atoms with van der Waals surface area (Å²) >= 11 is 0. The Hall–Kier alpha value is -1.78. The van der Waals surface area contributed by atoms with Gasteiger partial charge in [0.2, 0.25) is 0 Å². The van der Waals surface area contributed by atoms with Crippen LogP contribution in [-0.4, -0.2) is 18.4 Å². The van der Waals surface area contributed by atoms with Crippen molar-refractivity contribution in [3.63, 3.8) is 0 Å². The van der Waals surface area contributed by atoms with Crippen molar-refractivity contribution < 1.29 is 23.1 Å². The Morgan fingerprint density at radius 3 is 2.27 bits per heavy atom.